The van der Waals surface area contributed by atoms with Crippen LogP contribution in [0.25, 0.3) is 0 Å². The van der Waals surface area contributed by atoms with E-state index in [1.54, 1.807) is 11.3 Å². The predicted octanol–water partition coefficient (Wildman–Crippen LogP) is 4.85. The monoisotopic (exact) mass is 308 g/mol. The summed E-state index contributed by atoms with van der Waals surface area (Å²) < 4.78 is 0. The number of halogens is 1. The molecule has 90 valence electrons. The van der Waals surface area contributed by atoms with Gasteiger partial charge in [0, 0.05) is 5.33 Å². The van der Waals surface area contributed by atoms with Gasteiger partial charge >= 0.3 is 0 Å². The maximum Gasteiger partial charge on any atom is 0.00660 e. The maximum absolute atomic E-state index is 3.64. The van der Waals surface area contributed by atoms with Crippen molar-refractivity contribution in [1.29, 1.82) is 0 Å². The van der Waals surface area contributed by atoms with E-state index in [0.717, 1.165) is 11.8 Å². The van der Waals surface area contributed by atoms with Crippen LogP contribution < -0.4 is 0 Å². The first-order chi connectivity index (χ1) is 8.28. The van der Waals surface area contributed by atoms with E-state index in [1.807, 2.05) is 0 Å². The lowest BCUT2D eigenvalue weighted by Crippen LogP contribution is -2.09. The molecule has 2 aromatic rings. The van der Waals surface area contributed by atoms with Gasteiger partial charge < -0.3 is 0 Å². The second-order valence-electron chi connectivity index (χ2n) is 4.55. The largest absolute Gasteiger partial charge is 0.152 e. The first-order valence-corrected chi connectivity index (χ1v) is 7.97. The molecule has 0 aliphatic rings. The second kappa shape index (κ2) is 6.36. The van der Waals surface area contributed by atoms with E-state index in [9.17, 15) is 0 Å². The fraction of sp³-hybridized carbons (Fsp3) is 0.333. The Morgan fingerprint density at radius 1 is 1.06 bits per heavy atom. The zero-order valence-corrected chi connectivity index (χ0v) is 12.4. The van der Waals surface area contributed by atoms with Gasteiger partial charge in [0.2, 0.25) is 0 Å². The first-order valence-electron chi connectivity index (χ1n) is 5.90. The van der Waals surface area contributed by atoms with Gasteiger partial charge in [-0.2, -0.15) is 11.3 Å². The van der Waals surface area contributed by atoms with Gasteiger partial charge in [-0.3, -0.25) is 0 Å². The van der Waals surface area contributed by atoms with Crippen LogP contribution in [0.2, 0.25) is 0 Å². The SMILES string of the molecule is Cc1ccc(CC(CBr)Cc2ccsc2)cc1. The van der Waals surface area contributed by atoms with E-state index in [2.05, 4.69) is 63.9 Å². The minimum Gasteiger partial charge on any atom is -0.152 e. The predicted molar refractivity (Wildman–Crippen MR) is 80.2 cm³/mol. The van der Waals surface area contributed by atoms with Crippen LogP contribution in [0, 0.1) is 12.8 Å². The van der Waals surface area contributed by atoms with Crippen molar-refractivity contribution in [2.75, 3.05) is 5.33 Å². The smallest absolute Gasteiger partial charge is 0.00660 e. The Kier molecular flexibility index (Phi) is 4.81. The number of aryl methyl sites for hydroxylation is 1. The molecule has 0 aliphatic carbocycles. The third-order valence-electron chi connectivity index (χ3n) is 2.97. The van der Waals surface area contributed by atoms with Gasteiger partial charge in [-0.05, 0) is 53.6 Å². The lowest BCUT2D eigenvalue weighted by atomic mass is 9.95. The molecule has 0 nitrogen and oxygen atoms in total. The minimum atomic E-state index is 0.687. The van der Waals surface area contributed by atoms with Gasteiger partial charge in [0.15, 0.2) is 0 Å². The summed E-state index contributed by atoms with van der Waals surface area (Å²) in [5.74, 6) is 0.687. The summed E-state index contributed by atoms with van der Waals surface area (Å²) in [6.07, 6.45) is 2.32. The molecule has 1 unspecified atom stereocenters. The van der Waals surface area contributed by atoms with Gasteiger partial charge in [0.05, 0.1) is 0 Å². The molecule has 2 heteroatoms. The van der Waals surface area contributed by atoms with Crippen LogP contribution in [0.1, 0.15) is 16.7 Å². The molecule has 0 saturated heterocycles. The lowest BCUT2D eigenvalue weighted by Gasteiger charge is -2.13. The molecule has 0 saturated carbocycles. The van der Waals surface area contributed by atoms with Crippen molar-refractivity contribution in [3.8, 4) is 0 Å². The molecule has 0 aliphatic heterocycles. The van der Waals surface area contributed by atoms with Crippen LogP contribution in [-0.2, 0) is 12.8 Å². The Morgan fingerprint density at radius 2 is 1.76 bits per heavy atom. The first kappa shape index (κ1) is 12.8. The molecule has 1 atom stereocenters. The van der Waals surface area contributed by atoms with Crippen LogP contribution in [0.5, 0.6) is 0 Å². The minimum absolute atomic E-state index is 0.687. The number of benzene rings is 1. The van der Waals surface area contributed by atoms with Crippen LogP contribution in [0.3, 0.4) is 0 Å². The average molecular weight is 309 g/mol. The number of thiophene rings is 1. The summed E-state index contributed by atoms with van der Waals surface area (Å²) in [4.78, 5) is 0. The van der Waals surface area contributed by atoms with E-state index in [1.165, 1.54) is 23.1 Å². The molecular formula is C15H17BrS. The van der Waals surface area contributed by atoms with Crippen LogP contribution >= 0.6 is 27.3 Å². The summed E-state index contributed by atoms with van der Waals surface area (Å²) in [6.45, 7) is 2.14. The number of hydrogen-bond donors (Lipinski definition) is 0. The van der Waals surface area contributed by atoms with Crippen molar-refractivity contribution >= 4 is 27.3 Å². The highest BCUT2D eigenvalue weighted by molar-refractivity contribution is 9.09. The van der Waals surface area contributed by atoms with Crippen molar-refractivity contribution < 1.29 is 0 Å². The highest BCUT2D eigenvalue weighted by Crippen LogP contribution is 2.18. The molecule has 1 aromatic heterocycles. The van der Waals surface area contributed by atoms with E-state index in [-0.39, 0.29) is 0 Å². The Balaban J connectivity index is 1.97. The van der Waals surface area contributed by atoms with Gasteiger partial charge in [0.25, 0.3) is 0 Å². The molecule has 0 amide bonds. The summed E-state index contributed by atoms with van der Waals surface area (Å²) >= 11 is 5.42. The summed E-state index contributed by atoms with van der Waals surface area (Å²) in [5, 5.41) is 5.48. The van der Waals surface area contributed by atoms with Crippen LogP contribution in [0.15, 0.2) is 41.1 Å². The van der Waals surface area contributed by atoms with E-state index < -0.39 is 0 Å². The summed E-state index contributed by atoms with van der Waals surface area (Å²) in [7, 11) is 0. The highest BCUT2D eigenvalue weighted by atomic mass is 79.9. The molecule has 1 heterocycles. The van der Waals surface area contributed by atoms with Crippen molar-refractivity contribution in [2.24, 2.45) is 5.92 Å². The van der Waals surface area contributed by atoms with E-state index >= 15 is 0 Å². The zero-order chi connectivity index (χ0) is 12.1. The molecule has 0 bridgehead atoms. The lowest BCUT2D eigenvalue weighted by molar-refractivity contribution is 0.592. The summed E-state index contributed by atoms with van der Waals surface area (Å²) in [6, 6.07) is 11.1. The molecular weight excluding hydrogens is 292 g/mol. The maximum atomic E-state index is 3.64. The molecule has 1 aromatic carbocycles. The number of hydrogen-bond acceptors (Lipinski definition) is 1. The fourth-order valence-electron chi connectivity index (χ4n) is 1.98. The van der Waals surface area contributed by atoms with E-state index in [0.29, 0.717) is 5.92 Å². The molecule has 0 N–H and O–H groups in total. The fourth-order valence-corrected chi connectivity index (χ4v) is 3.12. The van der Waals surface area contributed by atoms with Crippen molar-refractivity contribution in [3.05, 3.63) is 57.8 Å². The molecule has 17 heavy (non-hydrogen) atoms. The highest BCUT2D eigenvalue weighted by Gasteiger charge is 2.09. The van der Waals surface area contributed by atoms with E-state index in [4.69, 9.17) is 0 Å². The van der Waals surface area contributed by atoms with Crippen molar-refractivity contribution in [1.82, 2.24) is 0 Å². The van der Waals surface area contributed by atoms with Gasteiger partial charge in [-0.1, -0.05) is 45.8 Å². The second-order valence-corrected chi connectivity index (χ2v) is 5.97. The average Bonchev–Trinajstić information content (AvgIpc) is 2.84. The van der Waals surface area contributed by atoms with Gasteiger partial charge in [0.1, 0.15) is 0 Å². The number of alkyl halides is 1. The summed E-state index contributed by atoms with van der Waals surface area (Å²) in [5.41, 5.74) is 4.24. The van der Waals surface area contributed by atoms with Gasteiger partial charge in [-0.25, -0.2) is 0 Å². The molecule has 0 spiro atoms. The molecule has 0 fully saturated rings. The normalized spacial score (nSPS) is 12.6. The third-order valence-corrected chi connectivity index (χ3v) is 4.62. The van der Waals surface area contributed by atoms with Crippen molar-refractivity contribution in [3.63, 3.8) is 0 Å². The zero-order valence-electron chi connectivity index (χ0n) is 10.0. The standard InChI is InChI=1S/C15H17BrS/c1-12-2-4-13(5-3-12)8-15(10-16)9-14-6-7-17-11-14/h2-7,11,15H,8-10H2,1H3. The Labute approximate surface area is 116 Å². The Hall–Kier alpha value is -0.600. The quantitative estimate of drug-likeness (QED) is 0.692. The van der Waals surface area contributed by atoms with Crippen LogP contribution in [0.4, 0.5) is 0 Å². The van der Waals surface area contributed by atoms with Crippen molar-refractivity contribution in [2.45, 2.75) is 19.8 Å². The molecule has 2 rings (SSSR count). The number of rotatable bonds is 5. The Morgan fingerprint density at radius 3 is 2.35 bits per heavy atom. The van der Waals surface area contributed by atoms with Gasteiger partial charge in [-0.15, -0.1) is 0 Å². The molecule has 0 radical (unpaired) electrons. The topological polar surface area (TPSA) is 0 Å². The Bertz CT molecular complexity index is 430. The third kappa shape index (κ3) is 3.97. The van der Waals surface area contributed by atoms with Crippen LogP contribution in [-0.4, -0.2) is 5.33 Å².